The van der Waals surface area contributed by atoms with Gasteiger partial charge in [0.2, 0.25) is 0 Å². The number of rotatable bonds is 7. The summed E-state index contributed by atoms with van der Waals surface area (Å²) in [5, 5.41) is 12.7. The largest absolute Gasteiger partial charge is 0.508 e. The van der Waals surface area contributed by atoms with E-state index in [0.29, 0.717) is 6.54 Å². The molecular weight excluding hydrogens is 281 g/mol. The summed E-state index contributed by atoms with van der Waals surface area (Å²) in [4.78, 5) is 22.5. The minimum Gasteiger partial charge on any atom is -0.508 e. The number of hydrogen-bond acceptors (Lipinski definition) is 5. The molecular formula is C16H24BNO4. The Kier molecular flexibility index (Phi) is 6.62. The highest BCUT2D eigenvalue weighted by Crippen LogP contribution is 2.27. The zero-order chi connectivity index (χ0) is 16.8. The van der Waals surface area contributed by atoms with Crippen molar-refractivity contribution in [1.82, 2.24) is 5.23 Å². The summed E-state index contributed by atoms with van der Waals surface area (Å²) in [5.74, 6) is -0.305. The first-order chi connectivity index (χ1) is 10.2. The fourth-order valence-electron chi connectivity index (χ4n) is 2.26. The predicted octanol–water partition coefficient (Wildman–Crippen LogP) is 1.65. The summed E-state index contributed by atoms with van der Waals surface area (Å²) in [7, 11) is 0.225. The number of ether oxygens (including phenoxy) is 1. The number of hydrogen-bond donors (Lipinski definition) is 2. The third-order valence-corrected chi connectivity index (χ3v) is 3.15. The Hall–Kier alpha value is -1.82. The van der Waals surface area contributed by atoms with Gasteiger partial charge in [-0.05, 0) is 57.5 Å². The number of esters is 1. The van der Waals surface area contributed by atoms with Gasteiger partial charge in [-0.2, -0.15) is 0 Å². The number of carbonyl (C=O) groups excluding carboxylic acids is 2. The molecule has 0 aliphatic carbocycles. The van der Waals surface area contributed by atoms with Crippen molar-refractivity contribution in [2.24, 2.45) is 0 Å². The zero-order valence-electron chi connectivity index (χ0n) is 13.7. The average Bonchev–Trinajstić information content (AvgIpc) is 2.38. The van der Waals surface area contributed by atoms with Crippen molar-refractivity contribution in [2.75, 3.05) is 6.54 Å². The number of nitrogens with one attached hydrogen (secondary N) is 1. The maximum absolute atomic E-state index is 12.1. The molecule has 0 bridgehead atoms. The van der Waals surface area contributed by atoms with Crippen molar-refractivity contribution in [3.8, 4) is 5.75 Å². The molecule has 6 heteroatoms. The van der Waals surface area contributed by atoms with Crippen LogP contribution in [-0.2, 0) is 14.3 Å². The van der Waals surface area contributed by atoms with Gasteiger partial charge in [-0.15, -0.1) is 0 Å². The quantitative estimate of drug-likeness (QED) is 0.347. The van der Waals surface area contributed by atoms with Crippen molar-refractivity contribution in [1.29, 1.82) is 0 Å². The molecule has 5 nitrogen and oxygen atoms in total. The summed E-state index contributed by atoms with van der Waals surface area (Å²) in [6, 6.07) is 5.08. The molecule has 0 heterocycles. The van der Waals surface area contributed by atoms with Gasteiger partial charge in [0.15, 0.2) is 0 Å². The van der Waals surface area contributed by atoms with Crippen molar-refractivity contribution in [3.63, 3.8) is 0 Å². The first-order valence-electron chi connectivity index (χ1n) is 7.38. The van der Waals surface area contributed by atoms with Gasteiger partial charge in [-0.3, -0.25) is 4.79 Å². The molecule has 0 amide bonds. The number of phenolic OH excluding ortho intramolecular Hbond substituents is 1. The molecule has 0 radical (unpaired) electrons. The zero-order valence-corrected chi connectivity index (χ0v) is 13.7. The fraction of sp³-hybridized carbons (Fsp3) is 0.500. The van der Waals surface area contributed by atoms with E-state index in [1.807, 2.05) is 33.8 Å². The van der Waals surface area contributed by atoms with Gasteiger partial charge in [-0.1, -0.05) is 6.07 Å². The molecule has 0 aliphatic rings. The van der Waals surface area contributed by atoms with Gasteiger partial charge in [0.25, 0.3) is 7.41 Å². The second kappa shape index (κ2) is 7.99. The van der Waals surface area contributed by atoms with Crippen LogP contribution in [0.5, 0.6) is 5.75 Å². The Morgan fingerprint density at radius 3 is 2.73 bits per heavy atom. The molecule has 0 aromatic heterocycles. The van der Waals surface area contributed by atoms with Crippen LogP contribution in [0, 0.1) is 6.92 Å². The van der Waals surface area contributed by atoms with Gasteiger partial charge in [0.1, 0.15) is 11.4 Å². The first-order valence-corrected chi connectivity index (χ1v) is 7.38. The van der Waals surface area contributed by atoms with E-state index in [1.54, 1.807) is 12.1 Å². The summed E-state index contributed by atoms with van der Waals surface area (Å²) in [5.41, 5.74) is 1.33. The van der Waals surface area contributed by atoms with E-state index in [2.05, 4.69) is 5.23 Å². The van der Waals surface area contributed by atoms with Gasteiger partial charge >= 0.3 is 5.97 Å². The Balaban J connectivity index is 2.90. The molecule has 0 spiro atoms. The maximum atomic E-state index is 12.1. The molecule has 0 aliphatic heterocycles. The molecule has 0 saturated heterocycles. The number of aromatic hydroxyl groups is 1. The molecule has 0 fully saturated rings. The molecule has 1 unspecified atom stereocenters. The molecule has 1 aromatic rings. The van der Waals surface area contributed by atoms with Crippen LogP contribution < -0.4 is 5.23 Å². The van der Waals surface area contributed by atoms with E-state index >= 15 is 0 Å². The smallest absolute Gasteiger partial charge is 0.306 e. The number of aryl methyl sites for hydroxylation is 1. The normalized spacial score (nSPS) is 12.5. The standard InChI is InChI=1S/C16H24BNO4/c1-11-5-6-13(20)8-14(11)12(9-18-17-10-19)7-15(21)22-16(2,3)4/h5-6,8,10,12,17-18,20H,7,9H2,1-4H3. The van der Waals surface area contributed by atoms with Crippen LogP contribution in [0.3, 0.4) is 0 Å². The van der Waals surface area contributed by atoms with Crippen LogP contribution in [0.1, 0.15) is 44.2 Å². The molecule has 1 rings (SSSR count). The van der Waals surface area contributed by atoms with Crippen molar-refractivity contribution < 1.29 is 19.4 Å². The lowest BCUT2D eigenvalue weighted by Gasteiger charge is -2.23. The van der Waals surface area contributed by atoms with Crippen LogP contribution in [0.4, 0.5) is 0 Å². The summed E-state index contributed by atoms with van der Waals surface area (Å²) < 4.78 is 5.37. The molecule has 1 aromatic carbocycles. The van der Waals surface area contributed by atoms with E-state index in [-0.39, 0.29) is 31.5 Å². The SMILES string of the molecule is Cc1ccc(O)cc1C(CNBC=O)CC(=O)OC(C)(C)C. The average molecular weight is 305 g/mol. The molecule has 0 saturated carbocycles. The summed E-state index contributed by atoms with van der Waals surface area (Å²) in [6.45, 7) is 7.86. The monoisotopic (exact) mass is 305 g/mol. The number of carbonyl (C=O) groups is 2. The van der Waals surface area contributed by atoms with Gasteiger partial charge in [-0.25, -0.2) is 0 Å². The molecule has 22 heavy (non-hydrogen) atoms. The molecule has 120 valence electrons. The van der Waals surface area contributed by atoms with Crippen molar-refractivity contribution in [3.05, 3.63) is 29.3 Å². The maximum Gasteiger partial charge on any atom is 0.306 e. The van der Waals surface area contributed by atoms with Crippen LogP contribution >= 0.6 is 0 Å². The van der Waals surface area contributed by atoms with Crippen LogP contribution in [-0.4, -0.2) is 36.8 Å². The van der Waals surface area contributed by atoms with Gasteiger partial charge in [0, 0.05) is 5.92 Å². The van der Waals surface area contributed by atoms with Crippen LogP contribution in [0.2, 0.25) is 0 Å². The topological polar surface area (TPSA) is 75.6 Å². The summed E-state index contributed by atoms with van der Waals surface area (Å²) in [6.07, 6.45) is 0.966. The highest BCUT2D eigenvalue weighted by Gasteiger charge is 2.22. The van der Waals surface area contributed by atoms with E-state index in [4.69, 9.17) is 4.74 Å². The highest BCUT2D eigenvalue weighted by molar-refractivity contribution is 6.64. The Morgan fingerprint density at radius 1 is 1.45 bits per heavy atom. The van der Waals surface area contributed by atoms with E-state index in [0.717, 1.165) is 17.3 Å². The van der Waals surface area contributed by atoms with E-state index < -0.39 is 5.60 Å². The third kappa shape index (κ3) is 6.31. The van der Waals surface area contributed by atoms with Crippen molar-refractivity contribution >= 4 is 19.6 Å². The van der Waals surface area contributed by atoms with Crippen LogP contribution in [0.25, 0.3) is 0 Å². The minimum absolute atomic E-state index is 0.158. The molecule has 1 atom stereocenters. The summed E-state index contributed by atoms with van der Waals surface area (Å²) >= 11 is 0. The van der Waals surface area contributed by atoms with Gasteiger partial charge < -0.3 is 19.9 Å². The van der Waals surface area contributed by atoms with Crippen LogP contribution in [0.15, 0.2) is 18.2 Å². The van der Waals surface area contributed by atoms with Gasteiger partial charge in [0.05, 0.1) is 12.6 Å². The van der Waals surface area contributed by atoms with E-state index in [1.165, 1.54) is 0 Å². The Labute approximate surface area is 132 Å². The Bertz CT molecular complexity index is 525. The lowest BCUT2D eigenvalue weighted by atomic mass is 9.89. The first kappa shape index (κ1) is 18.2. The molecule has 2 N–H and O–H groups in total. The second-order valence-corrected chi connectivity index (χ2v) is 6.35. The number of benzene rings is 1. The lowest BCUT2D eigenvalue weighted by Crippen LogP contribution is -2.30. The number of phenols is 1. The third-order valence-electron chi connectivity index (χ3n) is 3.15. The highest BCUT2D eigenvalue weighted by atomic mass is 16.6. The fourth-order valence-corrected chi connectivity index (χ4v) is 2.26. The van der Waals surface area contributed by atoms with E-state index in [9.17, 15) is 14.7 Å². The minimum atomic E-state index is -0.536. The Morgan fingerprint density at radius 2 is 2.14 bits per heavy atom. The second-order valence-electron chi connectivity index (χ2n) is 6.35. The lowest BCUT2D eigenvalue weighted by molar-refractivity contribution is -0.155. The van der Waals surface area contributed by atoms with Crippen molar-refractivity contribution in [2.45, 2.75) is 45.6 Å². The predicted molar refractivity (Wildman–Crippen MR) is 87.9 cm³/mol.